The van der Waals surface area contributed by atoms with E-state index in [9.17, 15) is 4.79 Å². The van der Waals surface area contributed by atoms with Crippen LogP contribution in [-0.2, 0) is 0 Å². The first-order chi connectivity index (χ1) is 14.2. The number of halogens is 1. The third-order valence-corrected chi connectivity index (χ3v) is 4.99. The van der Waals surface area contributed by atoms with Crippen LogP contribution in [0.15, 0.2) is 36.4 Å². The molecule has 2 heterocycles. The van der Waals surface area contributed by atoms with Gasteiger partial charge in [-0.3, -0.25) is 9.20 Å². The van der Waals surface area contributed by atoms with Crippen LogP contribution in [0.3, 0.4) is 0 Å². The molecule has 0 saturated carbocycles. The molecule has 30 heavy (non-hydrogen) atoms. The predicted molar refractivity (Wildman–Crippen MR) is 117 cm³/mol. The number of amides is 1. The monoisotopic (exact) mass is 423 g/mol. The molecular formula is C22H22ClN5O2. The highest BCUT2D eigenvalue weighted by molar-refractivity contribution is 6.33. The summed E-state index contributed by atoms with van der Waals surface area (Å²) >= 11 is 6.47. The van der Waals surface area contributed by atoms with Crippen LogP contribution in [0, 0.1) is 6.92 Å². The third-order valence-electron chi connectivity index (χ3n) is 4.66. The van der Waals surface area contributed by atoms with E-state index >= 15 is 0 Å². The Morgan fingerprint density at radius 1 is 1.13 bits per heavy atom. The molecule has 2 aromatic carbocycles. The molecule has 0 aliphatic carbocycles. The van der Waals surface area contributed by atoms with E-state index in [1.54, 1.807) is 31.4 Å². The molecule has 0 bridgehead atoms. The van der Waals surface area contributed by atoms with Crippen LogP contribution in [0.2, 0.25) is 5.02 Å². The second-order valence-corrected chi connectivity index (χ2v) is 8.54. The van der Waals surface area contributed by atoms with Crippen molar-refractivity contribution in [2.24, 2.45) is 0 Å². The van der Waals surface area contributed by atoms with Crippen molar-refractivity contribution in [2.75, 3.05) is 7.11 Å². The summed E-state index contributed by atoms with van der Waals surface area (Å²) < 4.78 is 7.23. The van der Waals surface area contributed by atoms with Crippen molar-refractivity contribution >= 4 is 34.2 Å². The number of nitrogens with zero attached hydrogens (tertiary/aromatic N) is 4. The van der Waals surface area contributed by atoms with Gasteiger partial charge >= 0.3 is 0 Å². The van der Waals surface area contributed by atoms with Gasteiger partial charge in [0.25, 0.3) is 5.91 Å². The maximum absolute atomic E-state index is 12.7. The number of fused-ring (bicyclic) bond motifs is 3. The number of rotatable bonds is 3. The molecule has 0 saturated heterocycles. The molecule has 0 fully saturated rings. The van der Waals surface area contributed by atoms with Crippen LogP contribution in [0.1, 0.15) is 36.8 Å². The summed E-state index contributed by atoms with van der Waals surface area (Å²) in [6.07, 6.45) is 0. The molecule has 154 valence electrons. The van der Waals surface area contributed by atoms with Gasteiger partial charge in [-0.2, -0.15) is 0 Å². The third kappa shape index (κ3) is 3.57. The predicted octanol–water partition coefficient (Wildman–Crippen LogP) is 4.44. The van der Waals surface area contributed by atoms with Crippen molar-refractivity contribution in [3.8, 4) is 17.1 Å². The van der Waals surface area contributed by atoms with Crippen LogP contribution >= 0.6 is 11.6 Å². The molecule has 0 unspecified atom stereocenters. The van der Waals surface area contributed by atoms with E-state index in [1.165, 1.54) is 0 Å². The number of methoxy groups -OCH3 is 1. The number of aryl methyl sites for hydroxylation is 1. The van der Waals surface area contributed by atoms with Crippen LogP contribution in [0.25, 0.3) is 28.1 Å². The van der Waals surface area contributed by atoms with Gasteiger partial charge in [0.1, 0.15) is 5.75 Å². The Labute approximate surface area is 179 Å². The Bertz CT molecular complexity index is 1290. The molecule has 7 nitrogen and oxygen atoms in total. The fraction of sp³-hybridized carbons (Fsp3) is 0.273. The highest BCUT2D eigenvalue weighted by Crippen LogP contribution is 2.32. The molecule has 4 rings (SSSR count). The fourth-order valence-electron chi connectivity index (χ4n) is 3.31. The summed E-state index contributed by atoms with van der Waals surface area (Å²) in [6, 6.07) is 10.8. The van der Waals surface area contributed by atoms with Crippen molar-refractivity contribution in [2.45, 2.75) is 33.2 Å². The first-order valence-electron chi connectivity index (χ1n) is 9.50. The number of aromatic nitrogens is 4. The Balaban J connectivity index is 1.99. The molecule has 0 aliphatic rings. The number of carbonyl (C=O) groups excluding carboxylic acids is 1. The maximum atomic E-state index is 12.7. The topological polar surface area (TPSA) is 81.4 Å². The molecule has 0 atom stereocenters. The van der Waals surface area contributed by atoms with E-state index in [-0.39, 0.29) is 11.4 Å². The van der Waals surface area contributed by atoms with Gasteiger partial charge in [-0.15, -0.1) is 10.2 Å². The molecule has 0 spiro atoms. The number of carbonyl (C=O) groups is 1. The summed E-state index contributed by atoms with van der Waals surface area (Å²) in [6.45, 7) is 7.70. The lowest BCUT2D eigenvalue weighted by atomic mass is 10.1. The number of benzene rings is 2. The summed E-state index contributed by atoms with van der Waals surface area (Å²) in [5.74, 6) is 1.05. The second-order valence-electron chi connectivity index (χ2n) is 8.13. The number of hydrogen-bond acceptors (Lipinski definition) is 5. The van der Waals surface area contributed by atoms with Gasteiger partial charge in [0, 0.05) is 16.7 Å². The normalized spacial score (nSPS) is 11.8. The SMILES string of the molecule is COc1ccc(Cl)c(-c2nnc3c(C)nc4ccc(C(=O)NC(C)(C)C)cc4n23)c1. The lowest BCUT2D eigenvalue weighted by Gasteiger charge is -2.20. The van der Waals surface area contributed by atoms with Crippen LogP contribution in [0.4, 0.5) is 0 Å². The molecule has 0 radical (unpaired) electrons. The Hall–Kier alpha value is -3.19. The molecule has 1 amide bonds. The highest BCUT2D eigenvalue weighted by atomic mass is 35.5. The minimum Gasteiger partial charge on any atom is -0.497 e. The lowest BCUT2D eigenvalue weighted by molar-refractivity contribution is 0.0919. The van der Waals surface area contributed by atoms with Gasteiger partial charge in [-0.05, 0) is 64.1 Å². The van der Waals surface area contributed by atoms with Crippen LogP contribution < -0.4 is 10.1 Å². The maximum Gasteiger partial charge on any atom is 0.251 e. The van der Waals surface area contributed by atoms with E-state index in [0.29, 0.717) is 33.4 Å². The van der Waals surface area contributed by atoms with Gasteiger partial charge < -0.3 is 10.1 Å². The fourth-order valence-corrected chi connectivity index (χ4v) is 3.51. The standard InChI is InChI=1S/C22H22ClN5O2/c1-12-19-26-27-20(15-11-14(30-5)7-8-16(15)23)28(19)18-10-13(6-9-17(18)24-12)21(29)25-22(2,3)4/h6-11H,1-5H3,(H,25,29). The van der Waals surface area contributed by atoms with E-state index in [0.717, 1.165) is 16.7 Å². The van der Waals surface area contributed by atoms with E-state index in [4.69, 9.17) is 16.3 Å². The van der Waals surface area contributed by atoms with Gasteiger partial charge in [0.05, 0.1) is 28.9 Å². The van der Waals surface area contributed by atoms with Gasteiger partial charge in [-0.1, -0.05) is 11.6 Å². The van der Waals surface area contributed by atoms with E-state index in [2.05, 4.69) is 20.5 Å². The molecular weight excluding hydrogens is 402 g/mol. The Morgan fingerprint density at radius 2 is 1.90 bits per heavy atom. The summed E-state index contributed by atoms with van der Waals surface area (Å²) in [5.41, 5.74) is 3.64. The van der Waals surface area contributed by atoms with Crippen molar-refractivity contribution < 1.29 is 9.53 Å². The molecule has 4 aromatic rings. The van der Waals surface area contributed by atoms with Crippen molar-refractivity contribution in [1.82, 2.24) is 24.9 Å². The smallest absolute Gasteiger partial charge is 0.251 e. The van der Waals surface area contributed by atoms with Gasteiger partial charge in [-0.25, -0.2) is 4.98 Å². The first kappa shape index (κ1) is 20.1. The number of hydrogen-bond donors (Lipinski definition) is 1. The summed E-state index contributed by atoms with van der Waals surface area (Å²) in [5, 5.41) is 12.2. The number of ether oxygens (including phenoxy) is 1. The Morgan fingerprint density at radius 3 is 2.60 bits per heavy atom. The molecule has 1 N–H and O–H groups in total. The van der Waals surface area contributed by atoms with Gasteiger partial charge in [0.15, 0.2) is 11.5 Å². The second kappa shape index (κ2) is 7.25. The average Bonchev–Trinajstić information content (AvgIpc) is 3.13. The first-order valence-corrected chi connectivity index (χ1v) is 9.87. The zero-order chi connectivity index (χ0) is 21.6. The van der Waals surface area contributed by atoms with E-state index < -0.39 is 0 Å². The lowest BCUT2D eigenvalue weighted by Crippen LogP contribution is -2.40. The van der Waals surface area contributed by atoms with E-state index in [1.807, 2.05) is 44.2 Å². The highest BCUT2D eigenvalue weighted by Gasteiger charge is 2.20. The molecule has 2 aromatic heterocycles. The summed E-state index contributed by atoms with van der Waals surface area (Å²) in [7, 11) is 1.60. The molecule has 8 heteroatoms. The van der Waals surface area contributed by atoms with Crippen molar-refractivity contribution in [1.29, 1.82) is 0 Å². The quantitative estimate of drug-likeness (QED) is 0.526. The number of nitrogens with one attached hydrogen (secondary N) is 1. The largest absolute Gasteiger partial charge is 0.497 e. The van der Waals surface area contributed by atoms with Crippen LogP contribution in [0.5, 0.6) is 5.75 Å². The zero-order valence-corrected chi connectivity index (χ0v) is 18.2. The summed E-state index contributed by atoms with van der Waals surface area (Å²) in [4.78, 5) is 17.4. The van der Waals surface area contributed by atoms with Gasteiger partial charge in [0.2, 0.25) is 0 Å². The Kier molecular flexibility index (Phi) is 4.86. The van der Waals surface area contributed by atoms with Crippen molar-refractivity contribution in [3.63, 3.8) is 0 Å². The molecule has 0 aliphatic heterocycles. The zero-order valence-electron chi connectivity index (χ0n) is 17.4. The van der Waals surface area contributed by atoms with Crippen LogP contribution in [-0.4, -0.2) is 38.1 Å². The minimum atomic E-state index is -0.345. The van der Waals surface area contributed by atoms with Crippen molar-refractivity contribution in [3.05, 3.63) is 52.7 Å². The average molecular weight is 424 g/mol. The minimum absolute atomic E-state index is 0.160.